The number of nitrogens with one attached hydrogen (secondary N) is 2. The van der Waals surface area contributed by atoms with Gasteiger partial charge in [0.05, 0.1) is 10.6 Å². The Kier molecular flexibility index (Phi) is 6.99. The Morgan fingerprint density at radius 2 is 1.88 bits per heavy atom. The van der Waals surface area contributed by atoms with Gasteiger partial charge >= 0.3 is 0 Å². The van der Waals surface area contributed by atoms with Crippen LogP contribution in [0.4, 0.5) is 5.69 Å². The molecule has 0 radical (unpaired) electrons. The molecule has 0 saturated carbocycles. The number of carbonyl (C=O) groups is 2. The highest BCUT2D eigenvalue weighted by molar-refractivity contribution is 7.89. The summed E-state index contributed by atoms with van der Waals surface area (Å²) in [4.78, 5) is 24.7. The average molecular weight is 472 g/mol. The summed E-state index contributed by atoms with van der Waals surface area (Å²) in [5.74, 6) is -0.0403. The number of ether oxygens (including phenoxy) is 1. The summed E-state index contributed by atoms with van der Waals surface area (Å²) in [6, 6.07) is 14.5. The van der Waals surface area contributed by atoms with Crippen molar-refractivity contribution in [2.45, 2.75) is 43.6 Å². The summed E-state index contributed by atoms with van der Waals surface area (Å²) in [6.45, 7) is 2.96. The maximum atomic E-state index is 13.2. The van der Waals surface area contributed by atoms with Crippen LogP contribution in [0.25, 0.3) is 0 Å². The van der Waals surface area contributed by atoms with Gasteiger partial charge in [-0.2, -0.15) is 4.31 Å². The lowest BCUT2D eigenvalue weighted by Crippen LogP contribution is -2.43. The molecule has 0 bridgehead atoms. The number of anilines is 1. The van der Waals surface area contributed by atoms with Crippen molar-refractivity contribution in [3.63, 3.8) is 0 Å². The van der Waals surface area contributed by atoms with E-state index in [1.165, 1.54) is 16.4 Å². The van der Waals surface area contributed by atoms with E-state index in [0.29, 0.717) is 37.2 Å². The van der Waals surface area contributed by atoms with Crippen LogP contribution in [0.5, 0.6) is 5.75 Å². The fourth-order valence-corrected chi connectivity index (χ4v) is 5.68. The van der Waals surface area contributed by atoms with Gasteiger partial charge in [-0.15, -0.1) is 0 Å². The van der Waals surface area contributed by atoms with Gasteiger partial charge in [0.1, 0.15) is 5.75 Å². The van der Waals surface area contributed by atoms with Crippen LogP contribution < -0.4 is 15.4 Å². The summed E-state index contributed by atoms with van der Waals surface area (Å²) >= 11 is 0. The fourth-order valence-electron chi connectivity index (χ4n) is 4.19. The number of sulfonamides is 1. The second-order valence-corrected chi connectivity index (χ2v) is 10.3. The molecule has 2 aliphatic heterocycles. The molecule has 2 aliphatic rings. The van der Waals surface area contributed by atoms with Crippen LogP contribution in [0.15, 0.2) is 53.4 Å². The Morgan fingerprint density at radius 3 is 2.58 bits per heavy atom. The van der Waals surface area contributed by atoms with E-state index >= 15 is 0 Å². The summed E-state index contributed by atoms with van der Waals surface area (Å²) in [7, 11) is -3.74. The smallest absolute Gasteiger partial charge is 0.265 e. The normalized spacial score (nSPS) is 19.3. The van der Waals surface area contributed by atoms with Crippen molar-refractivity contribution in [2.75, 3.05) is 25.0 Å². The maximum Gasteiger partial charge on any atom is 0.265 e. The second kappa shape index (κ2) is 9.93. The molecule has 0 aliphatic carbocycles. The second-order valence-electron chi connectivity index (χ2n) is 8.37. The molecule has 4 rings (SSSR count). The van der Waals surface area contributed by atoms with E-state index in [1.54, 1.807) is 6.07 Å². The lowest BCUT2D eigenvalue weighted by molar-refractivity contribution is -0.126. The molecule has 0 unspecified atom stereocenters. The quantitative estimate of drug-likeness (QED) is 0.646. The van der Waals surface area contributed by atoms with Crippen molar-refractivity contribution in [3.05, 3.63) is 54.1 Å². The summed E-state index contributed by atoms with van der Waals surface area (Å²) in [6.07, 6.45) is 1.66. The SMILES string of the molecule is CC[C@H]1Oc2ccc(S(=O)(=O)N3CCC(C(=O)NCCc4ccccc4)CC3)cc2NC1=O. The van der Waals surface area contributed by atoms with Crippen molar-refractivity contribution in [1.82, 2.24) is 9.62 Å². The molecule has 0 aromatic heterocycles. The number of nitrogens with zero attached hydrogens (tertiary/aromatic N) is 1. The molecule has 2 amide bonds. The molecule has 1 fully saturated rings. The lowest BCUT2D eigenvalue weighted by Gasteiger charge is -2.31. The van der Waals surface area contributed by atoms with E-state index in [2.05, 4.69) is 10.6 Å². The largest absolute Gasteiger partial charge is 0.478 e. The topological polar surface area (TPSA) is 105 Å². The van der Waals surface area contributed by atoms with Crippen LogP contribution in [0.3, 0.4) is 0 Å². The van der Waals surface area contributed by atoms with Crippen LogP contribution in [0.2, 0.25) is 0 Å². The predicted molar refractivity (Wildman–Crippen MR) is 124 cm³/mol. The highest BCUT2D eigenvalue weighted by atomic mass is 32.2. The number of hydrogen-bond acceptors (Lipinski definition) is 5. The molecule has 0 spiro atoms. The lowest BCUT2D eigenvalue weighted by atomic mass is 9.97. The van der Waals surface area contributed by atoms with Gasteiger partial charge in [0.25, 0.3) is 5.91 Å². The zero-order chi connectivity index (χ0) is 23.4. The molecule has 8 nitrogen and oxygen atoms in total. The number of hydrogen-bond donors (Lipinski definition) is 2. The maximum absolute atomic E-state index is 13.2. The molecule has 33 heavy (non-hydrogen) atoms. The first kappa shape index (κ1) is 23.3. The average Bonchev–Trinajstić information content (AvgIpc) is 2.84. The van der Waals surface area contributed by atoms with Gasteiger partial charge < -0.3 is 15.4 Å². The van der Waals surface area contributed by atoms with Gasteiger partial charge in [-0.3, -0.25) is 9.59 Å². The minimum atomic E-state index is -3.74. The van der Waals surface area contributed by atoms with Crippen molar-refractivity contribution in [2.24, 2.45) is 5.92 Å². The first-order valence-electron chi connectivity index (χ1n) is 11.3. The molecule has 1 saturated heterocycles. The highest BCUT2D eigenvalue weighted by Gasteiger charge is 2.33. The van der Waals surface area contributed by atoms with Crippen LogP contribution in [-0.4, -0.2) is 50.3 Å². The molecule has 2 aromatic carbocycles. The van der Waals surface area contributed by atoms with Gasteiger partial charge in [-0.25, -0.2) is 8.42 Å². The highest BCUT2D eigenvalue weighted by Crippen LogP contribution is 2.34. The van der Waals surface area contributed by atoms with Gasteiger partial charge in [-0.1, -0.05) is 37.3 Å². The number of amides is 2. The molecular weight excluding hydrogens is 442 g/mol. The van der Waals surface area contributed by atoms with Crippen LogP contribution in [-0.2, 0) is 26.0 Å². The first-order valence-corrected chi connectivity index (χ1v) is 12.8. The van der Waals surface area contributed by atoms with Crippen molar-refractivity contribution in [3.8, 4) is 5.75 Å². The zero-order valence-corrected chi connectivity index (χ0v) is 19.4. The number of carbonyl (C=O) groups excluding carboxylic acids is 2. The monoisotopic (exact) mass is 471 g/mol. The number of rotatable bonds is 7. The third-order valence-corrected chi connectivity index (χ3v) is 8.05. The zero-order valence-electron chi connectivity index (χ0n) is 18.6. The number of benzene rings is 2. The molecular formula is C24H29N3O5S. The Bertz CT molecular complexity index is 1110. The fraction of sp³-hybridized carbons (Fsp3) is 0.417. The minimum absolute atomic E-state index is 0.0258. The summed E-state index contributed by atoms with van der Waals surface area (Å²) in [5, 5.41) is 5.70. The third-order valence-electron chi connectivity index (χ3n) is 6.16. The van der Waals surface area contributed by atoms with Gasteiger partial charge in [-0.05, 0) is 49.4 Å². The van der Waals surface area contributed by atoms with Crippen LogP contribution in [0, 0.1) is 5.92 Å². The molecule has 2 N–H and O–H groups in total. The Morgan fingerprint density at radius 1 is 1.15 bits per heavy atom. The van der Waals surface area contributed by atoms with E-state index in [4.69, 9.17) is 4.74 Å². The minimum Gasteiger partial charge on any atom is -0.478 e. The molecule has 176 valence electrons. The van der Waals surface area contributed by atoms with Crippen molar-refractivity contribution >= 4 is 27.5 Å². The Labute approximate surface area is 194 Å². The predicted octanol–water partition coefficient (Wildman–Crippen LogP) is 2.56. The summed E-state index contributed by atoms with van der Waals surface area (Å²) in [5.41, 5.74) is 1.52. The van der Waals surface area contributed by atoms with E-state index < -0.39 is 16.1 Å². The van der Waals surface area contributed by atoms with E-state index in [9.17, 15) is 18.0 Å². The third kappa shape index (κ3) is 5.20. The van der Waals surface area contributed by atoms with Crippen LogP contribution >= 0.6 is 0 Å². The van der Waals surface area contributed by atoms with Gasteiger partial charge in [0.2, 0.25) is 15.9 Å². The summed E-state index contributed by atoms with van der Waals surface area (Å²) < 4.78 is 33.4. The Balaban J connectivity index is 1.33. The molecule has 2 aromatic rings. The number of fused-ring (bicyclic) bond motifs is 1. The van der Waals surface area contributed by atoms with Crippen LogP contribution in [0.1, 0.15) is 31.7 Å². The van der Waals surface area contributed by atoms with E-state index in [0.717, 1.165) is 12.0 Å². The first-order chi connectivity index (χ1) is 15.9. The van der Waals surface area contributed by atoms with Gasteiger partial charge in [0.15, 0.2) is 6.10 Å². The van der Waals surface area contributed by atoms with E-state index in [1.807, 2.05) is 37.3 Å². The number of piperidine rings is 1. The van der Waals surface area contributed by atoms with Crippen molar-refractivity contribution < 1.29 is 22.7 Å². The van der Waals surface area contributed by atoms with Gasteiger partial charge in [0, 0.05) is 25.6 Å². The van der Waals surface area contributed by atoms with Crippen molar-refractivity contribution in [1.29, 1.82) is 0 Å². The standard InChI is InChI=1S/C24H29N3O5S/c1-2-21-24(29)26-20-16-19(8-9-22(20)32-21)33(30,31)27-14-11-18(12-15-27)23(28)25-13-10-17-6-4-3-5-7-17/h3-9,16,18,21H,2,10-15H2,1H3,(H,25,28)(H,26,29)/t21-/m1/s1. The Hall–Kier alpha value is -2.91. The molecule has 2 heterocycles. The molecule has 1 atom stereocenters. The van der Waals surface area contributed by atoms with E-state index in [-0.39, 0.29) is 35.7 Å². The molecule has 9 heteroatoms.